The van der Waals surface area contributed by atoms with E-state index in [1.54, 1.807) is 18.2 Å². The van der Waals surface area contributed by atoms with Crippen LogP contribution < -0.4 is 28.4 Å². The molecule has 3 atom stereocenters. The van der Waals surface area contributed by atoms with E-state index in [-0.39, 0.29) is 29.8 Å². The minimum absolute atomic E-state index is 0.121. The number of esters is 1. The van der Waals surface area contributed by atoms with E-state index in [2.05, 4.69) is 6.58 Å². The van der Waals surface area contributed by atoms with Crippen LogP contribution in [0.25, 0.3) is 0 Å². The van der Waals surface area contributed by atoms with Crippen molar-refractivity contribution >= 4 is 11.8 Å². The van der Waals surface area contributed by atoms with Crippen molar-refractivity contribution in [2.75, 3.05) is 20.8 Å². The van der Waals surface area contributed by atoms with Crippen LogP contribution in [0.3, 0.4) is 0 Å². The lowest BCUT2D eigenvalue weighted by Gasteiger charge is -2.38. The third-order valence-electron chi connectivity index (χ3n) is 6.19. The van der Waals surface area contributed by atoms with Crippen molar-refractivity contribution in [2.24, 2.45) is 0 Å². The molecule has 0 N–H and O–H groups in total. The summed E-state index contributed by atoms with van der Waals surface area (Å²) in [7, 11) is 3.06. The molecule has 0 aromatic heterocycles. The zero-order valence-electron chi connectivity index (χ0n) is 18.9. The number of ketones is 1. The molecular weight excluding hydrogens is 428 g/mol. The molecule has 0 amide bonds. The van der Waals surface area contributed by atoms with Crippen molar-refractivity contribution in [2.45, 2.75) is 38.4 Å². The predicted molar refractivity (Wildman–Crippen MR) is 117 cm³/mol. The van der Waals surface area contributed by atoms with Crippen molar-refractivity contribution in [1.29, 1.82) is 0 Å². The standard InChI is InChI=1S/C25H24O8/c1-11(2)15-7-14-17(32-15)9-20(31-12(3)26)23-24(27)22-13-6-18(28-4)19(29-5)8-16(13)30-10-21(22)33-25(14)23/h6,8-9,15,21-22H,1,7,10H2,2-5H3. The Morgan fingerprint density at radius 1 is 1.03 bits per heavy atom. The first-order valence-corrected chi connectivity index (χ1v) is 10.6. The van der Waals surface area contributed by atoms with Crippen LogP contribution in [-0.4, -0.2) is 44.8 Å². The molecule has 8 nitrogen and oxygen atoms in total. The normalized spacial score (nSPS) is 21.8. The van der Waals surface area contributed by atoms with Crippen LogP contribution in [0.2, 0.25) is 0 Å². The van der Waals surface area contributed by atoms with Gasteiger partial charge < -0.3 is 28.4 Å². The van der Waals surface area contributed by atoms with Crippen molar-refractivity contribution in [3.05, 3.63) is 47.0 Å². The van der Waals surface area contributed by atoms with E-state index in [1.807, 2.05) is 6.92 Å². The number of carbonyl (C=O) groups excluding carboxylic acids is 2. The number of ether oxygens (including phenoxy) is 6. The molecule has 0 fully saturated rings. The van der Waals surface area contributed by atoms with E-state index in [9.17, 15) is 9.59 Å². The number of hydrogen-bond acceptors (Lipinski definition) is 8. The van der Waals surface area contributed by atoms with Crippen molar-refractivity contribution in [3.8, 4) is 34.5 Å². The van der Waals surface area contributed by atoms with E-state index < -0.39 is 18.0 Å². The summed E-state index contributed by atoms with van der Waals surface area (Å²) < 4.78 is 34.5. The van der Waals surface area contributed by atoms with Gasteiger partial charge in [0.15, 0.2) is 17.3 Å². The van der Waals surface area contributed by atoms with Crippen LogP contribution in [0.4, 0.5) is 0 Å². The van der Waals surface area contributed by atoms with Gasteiger partial charge in [0, 0.05) is 36.6 Å². The average Bonchev–Trinajstić information content (AvgIpc) is 3.22. The van der Waals surface area contributed by atoms with Crippen LogP contribution in [-0.2, 0) is 11.2 Å². The Kier molecular flexibility index (Phi) is 4.96. The molecule has 3 aliphatic heterocycles. The smallest absolute Gasteiger partial charge is 0.308 e. The van der Waals surface area contributed by atoms with Crippen molar-refractivity contribution in [3.63, 3.8) is 0 Å². The van der Waals surface area contributed by atoms with Gasteiger partial charge in [-0.1, -0.05) is 6.58 Å². The summed E-state index contributed by atoms with van der Waals surface area (Å²) in [6.07, 6.45) is -0.287. The van der Waals surface area contributed by atoms with E-state index in [0.29, 0.717) is 40.7 Å². The highest BCUT2D eigenvalue weighted by Crippen LogP contribution is 2.52. The van der Waals surface area contributed by atoms with Gasteiger partial charge in [-0.2, -0.15) is 0 Å². The Labute approximate surface area is 191 Å². The Balaban J connectivity index is 1.66. The maximum absolute atomic E-state index is 13.9. The fourth-order valence-corrected chi connectivity index (χ4v) is 4.64. The van der Waals surface area contributed by atoms with Crippen LogP contribution in [0.15, 0.2) is 30.4 Å². The molecular formula is C25H24O8. The molecule has 0 saturated carbocycles. The first-order valence-electron chi connectivity index (χ1n) is 10.6. The maximum atomic E-state index is 13.9. The monoisotopic (exact) mass is 452 g/mol. The van der Waals surface area contributed by atoms with Gasteiger partial charge in [0.05, 0.1) is 20.1 Å². The second kappa shape index (κ2) is 7.72. The minimum atomic E-state index is -0.660. The molecule has 2 aromatic carbocycles. The summed E-state index contributed by atoms with van der Waals surface area (Å²) in [5.41, 5.74) is 2.48. The van der Waals surface area contributed by atoms with E-state index >= 15 is 0 Å². The molecule has 33 heavy (non-hydrogen) atoms. The summed E-state index contributed by atoms with van der Waals surface area (Å²) in [5, 5.41) is 0. The van der Waals surface area contributed by atoms with Gasteiger partial charge in [-0.25, -0.2) is 0 Å². The minimum Gasteiger partial charge on any atom is -0.493 e. The molecule has 0 saturated heterocycles. The highest BCUT2D eigenvalue weighted by atomic mass is 16.6. The van der Waals surface area contributed by atoms with E-state index in [4.69, 9.17) is 28.4 Å². The summed E-state index contributed by atoms with van der Waals surface area (Å²) in [4.78, 5) is 25.8. The fraction of sp³-hybridized carbons (Fsp3) is 0.360. The topological polar surface area (TPSA) is 89.5 Å². The number of rotatable bonds is 4. The van der Waals surface area contributed by atoms with Crippen LogP contribution in [0, 0.1) is 0 Å². The average molecular weight is 452 g/mol. The molecule has 0 spiro atoms. The Morgan fingerprint density at radius 2 is 1.73 bits per heavy atom. The first kappa shape index (κ1) is 21.2. The van der Waals surface area contributed by atoms with E-state index in [0.717, 1.165) is 11.1 Å². The van der Waals surface area contributed by atoms with Gasteiger partial charge in [0.25, 0.3) is 0 Å². The number of methoxy groups -OCH3 is 2. The SMILES string of the molecule is C=C(C)C1Cc2c(cc(OC(C)=O)c3c2OC2COc4cc(OC)c(OC)cc4C2C3=O)O1. The van der Waals surface area contributed by atoms with Crippen LogP contribution in [0.1, 0.15) is 41.3 Å². The molecule has 0 aliphatic carbocycles. The first-order chi connectivity index (χ1) is 15.8. The molecule has 3 aliphatic rings. The number of carbonyl (C=O) groups is 2. The van der Waals surface area contributed by atoms with Gasteiger partial charge in [0.2, 0.25) is 0 Å². The maximum Gasteiger partial charge on any atom is 0.308 e. The van der Waals surface area contributed by atoms with Crippen LogP contribution in [0.5, 0.6) is 34.5 Å². The van der Waals surface area contributed by atoms with Crippen molar-refractivity contribution in [1.82, 2.24) is 0 Å². The largest absolute Gasteiger partial charge is 0.493 e. The zero-order chi connectivity index (χ0) is 23.4. The van der Waals surface area contributed by atoms with Crippen LogP contribution >= 0.6 is 0 Å². The quantitative estimate of drug-likeness (QED) is 0.395. The van der Waals surface area contributed by atoms with Gasteiger partial charge in [-0.15, -0.1) is 0 Å². The Bertz CT molecular complexity index is 1200. The lowest BCUT2D eigenvalue weighted by molar-refractivity contribution is -0.131. The molecule has 5 rings (SSSR count). The second-order valence-corrected chi connectivity index (χ2v) is 8.36. The van der Waals surface area contributed by atoms with Crippen molar-refractivity contribution < 1.29 is 38.0 Å². The summed E-state index contributed by atoms with van der Waals surface area (Å²) in [6.45, 7) is 7.32. The Morgan fingerprint density at radius 3 is 2.39 bits per heavy atom. The van der Waals surface area contributed by atoms with Gasteiger partial charge in [-0.05, 0) is 18.6 Å². The molecule has 0 bridgehead atoms. The lowest BCUT2D eigenvalue weighted by atomic mass is 9.80. The highest BCUT2D eigenvalue weighted by Gasteiger charge is 2.47. The molecule has 172 valence electrons. The molecule has 3 unspecified atom stereocenters. The summed E-state index contributed by atoms with van der Waals surface area (Å²) in [6, 6.07) is 5.03. The lowest BCUT2D eigenvalue weighted by Crippen LogP contribution is -2.43. The second-order valence-electron chi connectivity index (χ2n) is 8.36. The predicted octanol–water partition coefficient (Wildman–Crippen LogP) is 3.63. The Hall–Kier alpha value is -3.68. The van der Waals surface area contributed by atoms with Gasteiger partial charge in [0.1, 0.15) is 47.4 Å². The zero-order valence-corrected chi connectivity index (χ0v) is 18.9. The third-order valence-corrected chi connectivity index (χ3v) is 6.19. The number of Topliss-reactive ketones (excluding diaryl/α,β-unsaturated/α-hetero) is 1. The fourth-order valence-electron chi connectivity index (χ4n) is 4.64. The van der Waals surface area contributed by atoms with Gasteiger partial charge in [-0.3, -0.25) is 9.59 Å². The number of benzene rings is 2. The molecule has 3 heterocycles. The summed E-state index contributed by atoms with van der Waals surface area (Å²) in [5.74, 6) is 1.11. The molecule has 0 radical (unpaired) electrons. The number of fused-ring (bicyclic) bond motifs is 6. The van der Waals surface area contributed by atoms with Gasteiger partial charge >= 0.3 is 5.97 Å². The molecule has 2 aromatic rings. The molecule has 8 heteroatoms. The third kappa shape index (κ3) is 3.28. The highest BCUT2D eigenvalue weighted by molar-refractivity contribution is 6.08. The number of hydrogen-bond donors (Lipinski definition) is 0. The summed E-state index contributed by atoms with van der Waals surface area (Å²) >= 11 is 0. The van der Waals surface area contributed by atoms with E-state index in [1.165, 1.54) is 21.1 Å².